The van der Waals surface area contributed by atoms with E-state index in [1.165, 1.54) is 0 Å². The largest absolute Gasteiger partial charge is 0.375 e. The summed E-state index contributed by atoms with van der Waals surface area (Å²) < 4.78 is 5.57. The van der Waals surface area contributed by atoms with Gasteiger partial charge >= 0.3 is 0 Å². The second kappa shape index (κ2) is 9.16. The van der Waals surface area contributed by atoms with Crippen LogP contribution in [0.1, 0.15) is 26.7 Å². The van der Waals surface area contributed by atoms with Crippen molar-refractivity contribution in [3.8, 4) is 0 Å². The molecule has 21 heavy (non-hydrogen) atoms. The molecule has 1 N–H and O–H groups in total. The molecule has 1 amide bonds. The zero-order chi connectivity index (χ0) is 14.0. The molecular weight excluding hydrogens is 313 g/mol. The van der Waals surface area contributed by atoms with Crippen molar-refractivity contribution in [2.45, 2.75) is 50.9 Å². The maximum Gasteiger partial charge on any atom is 0.242 e. The minimum Gasteiger partial charge on any atom is -0.375 e. The SMILES string of the molecule is CC1CC(N(C)C(=O)[C@H]2NCCO[C@@H]2C)CCN1C.Cl.Cl. The lowest BCUT2D eigenvalue weighted by Gasteiger charge is -2.41. The Bertz CT molecular complexity index is 333. The summed E-state index contributed by atoms with van der Waals surface area (Å²) in [6, 6.07) is 0.713. The molecule has 0 radical (unpaired) electrons. The standard InChI is InChI=1S/C14H27N3O2.2ClH/c1-10-9-12(5-7-16(10)3)17(4)14(18)13-11(2)19-8-6-15-13;;/h10-13,15H,5-9H2,1-4H3;2*1H/t10?,11-,12?,13+;;/m1../s1. The van der Waals surface area contributed by atoms with Crippen LogP contribution in [-0.4, -0.2) is 73.7 Å². The minimum absolute atomic E-state index is 0. The van der Waals surface area contributed by atoms with Gasteiger partial charge in [0.1, 0.15) is 6.04 Å². The van der Waals surface area contributed by atoms with E-state index in [1.54, 1.807) is 0 Å². The van der Waals surface area contributed by atoms with Gasteiger partial charge in [-0.15, -0.1) is 24.8 Å². The van der Waals surface area contributed by atoms with Gasteiger partial charge in [0, 0.05) is 32.2 Å². The van der Waals surface area contributed by atoms with Crippen molar-refractivity contribution in [3.05, 3.63) is 0 Å². The van der Waals surface area contributed by atoms with Gasteiger partial charge in [-0.1, -0.05) is 0 Å². The van der Waals surface area contributed by atoms with Crippen LogP contribution in [0, 0.1) is 0 Å². The highest BCUT2D eigenvalue weighted by Crippen LogP contribution is 2.21. The third-order valence-electron chi connectivity index (χ3n) is 4.66. The van der Waals surface area contributed by atoms with E-state index in [2.05, 4.69) is 24.2 Å². The molecular formula is C14H29Cl2N3O2. The molecule has 0 aromatic carbocycles. The third-order valence-corrected chi connectivity index (χ3v) is 4.66. The Balaban J connectivity index is 0.00000200. The van der Waals surface area contributed by atoms with Gasteiger partial charge in [0.15, 0.2) is 0 Å². The van der Waals surface area contributed by atoms with E-state index in [-0.39, 0.29) is 42.9 Å². The maximum absolute atomic E-state index is 12.6. The highest BCUT2D eigenvalue weighted by molar-refractivity contribution is 5.85. The predicted octanol–water partition coefficient (Wildman–Crippen LogP) is 1.15. The van der Waals surface area contributed by atoms with Gasteiger partial charge in [0.25, 0.3) is 0 Å². The average molecular weight is 342 g/mol. The molecule has 0 aromatic heterocycles. The number of likely N-dealkylation sites (N-methyl/N-ethyl adjacent to an activating group) is 1. The van der Waals surface area contributed by atoms with Crippen molar-refractivity contribution in [3.63, 3.8) is 0 Å². The fourth-order valence-electron chi connectivity index (χ4n) is 3.03. The molecule has 0 aromatic rings. The molecule has 2 aliphatic heterocycles. The quantitative estimate of drug-likeness (QED) is 0.818. The third kappa shape index (κ3) is 4.96. The number of carbonyl (C=O) groups excluding carboxylic acids is 1. The molecule has 0 aliphatic carbocycles. The van der Waals surface area contributed by atoms with Crippen LogP contribution >= 0.6 is 24.8 Å². The molecule has 2 unspecified atom stereocenters. The first-order chi connectivity index (χ1) is 9.00. The van der Waals surface area contributed by atoms with Crippen LogP contribution in [0.2, 0.25) is 0 Å². The number of hydrogen-bond acceptors (Lipinski definition) is 4. The first kappa shape index (κ1) is 20.9. The van der Waals surface area contributed by atoms with Crippen LogP contribution in [0.5, 0.6) is 0 Å². The first-order valence-electron chi connectivity index (χ1n) is 7.32. The van der Waals surface area contributed by atoms with Gasteiger partial charge < -0.3 is 19.9 Å². The smallest absolute Gasteiger partial charge is 0.242 e. The molecule has 4 atom stereocenters. The molecule has 0 bridgehead atoms. The summed E-state index contributed by atoms with van der Waals surface area (Å²) in [6.07, 6.45) is 2.08. The topological polar surface area (TPSA) is 44.8 Å². The van der Waals surface area contributed by atoms with Gasteiger partial charge in [0.05, 0.1) is 12.7 Å². The molecule has 2 aliphatic rings. The Kier molecular flexibility index (Phi) is 9.12. The Morgan fingerprint density at radius 1 is 1.33 bits per heavy atom. The van der Waals surface area contributed by atoms with Crippen molar-refractivity contribution >= 4 is 30.7 Å². The number of likely N-dealkylation sites (tertiary alicyclic amines) is 1. The molecule has 2 heterocycles. The van der Waals surface area contributed by atoms with Crippen molar-refractivity contribution in [2.24, 2.45) is 0 Å². The number of halogens is 2. The van der Waals surface area contributed by atoms with Crippen LogP contribution < -0.4 is 5.32 Å². The lowest BCUT2D eigenvalue weighted by Crippen LogP contribution is -2.58. The number of nitrogens with zero attached hydrogens (tertiary/aromatic N) is 2. The zero-order valence-electron chi connectivity index (χ0n) is 13.4. The zero-order valence-corrected chi connectivity index (χ0v) is 15.0. The van der Waals surface area contributed by atoms with Crippen molar-refractivity contribution < 1.29 is 9.53 Å². The van der Waals surface area contributed by atoms with E-state index < -0.39 is 0 Å². The van der Waals surface area contributed by atoms with E-state index in [0.717, 1.165) is 25.9 Å². The molecule has 2 fully saturated rings. The van der Waals surface area contributed by atoms with Gasteiger partial charge in [0.2, 0.25) is 5.91 Å². The fourth-order valence-corrected chi connectivity index (χ4v) is 3.03. The monoisotopic (exact) mass is 341 g/mol. The molecule has 2 saturated heterocycles. The summed E-state index contributed by atoms with van der Waals surface area (Å²) in [5.41, 5.74) is 0. The van der Waals surface area contributed by atoms with Gasteiger partial charge in [-0.25, -0.2) is 0 Å². The van der Waals surface area contributed by atoms with Crippen LogP contribution in [0.4, 0.5) is 0 Å². The number of morpholine rings is 1. The molecule has 0 saturated carbocycles. The van der Waals surface area contributed by atoms with E-state index in [9.17, 15) is 4.79 Å². The van der Waals surface area contributed by atoms with E-state index >= 15 is 0 Å². The number of amides is 1. The summed E-state index contributed by atoms with van der Waals surface area (Å²) >= 11 is 0. The van der Waals surface area contributed by atoms with E-state index in [4.69, 9.17) is 4.74 Å². The minimum atomic E-state index is -0.186. The van der Waals surface area contributed by atoms with E-state index in [1.807, 2.05) is 18.9 Å². The first-order valence-corrected chi connectivity index (χ1v) is 7.32. The Morgan fingerprint density at radius 2 is 2.00 bits per heavy atom. The highest BCUT2D eigenvalue weighted by Gasteiger charge is 2.35. The molecule has 2 rings (SSSR count). The molecule has 126 valence electrons. The number of rotatable bonds is 2. The van der Waals surface area contributed by atoms with Crippen LogP contribution in [0.3, 0.4) is 0 Å². The number of carbonyl (C=O) groups is 1. The van der Waals surface area contributed by atoms with Crippen molar-refractivity contribution in [2.75, 3.05) is 33.8 Å². The van der Waals surface area contributed by atoms with E-state index in [0.29, 0.717) is 18.7 Å². The van der Waals surface area contributed by atoms with Crippen LogP contribution in [-0.2, 0) is 9.53 Å². The number of hydrogen-bond donors (Lipinski definition) is 1. The summed E-state index contributed by atoms with van der Waals surface area (Å²) in [7, 11) is 4.09. The highest BCUT2D eigenvalue weighted by atomic mass is 35.5. The lowest BCUT2D eigenvalue weighted by molar-refractivity contribution is -0.141. The molecule has 5 nitrogen and oxygen atoms in total. The second-order valence-corrected chi connectivity index (χ2v) is 5.96. The number of nitrogens with one attached hydrogen (secondary N) is 1. The normalized spacial score (nSPS) is 33.5. The lowest BCUT2D eigenvalue weighted by atomic mass is 9.96. The number of ether oxygens (including phenoxy) is 1. The van der Waals surface area contributed by atoms with Gasteiger partial charge in [-0.2, -0.15) is 0 Å². The molecule has 7 heteroatoms. The Morgan fingerprint density at radius 3 is 2.57 bits per heavy atom. The fraction of sp³-hybridized carbons (Fsp3) is 0.929. The van der Waals surface area contributed by atoms with Gasteiger partial charge in [-0.3, -0.25) is 4.79 Å². The van der Waals surface area contributed by atoms with Crippen LogP contribution in [0.15, 0.2) is 0 Å². The van der Waals surface area contributed by atoms with Crippen molar-refractivity contribution in [1.82, 2.24) is 15.1 Å². The van der Waals surface area contributed by atoms with Gasteiger partial charge in [-0.05, 0) is 33.7 Å². The summed E-state index contributed by atoms with van der Waals surface area (Å²) in [5, 5.41) is 3.28. The summed E-state index contributed by atoms with van der Waals surface area (Å²) in [4.78, 5) is 16.9. The Labute approximate surface area is 140 Å². The van der Waals surface area contributed by atoms with Crippen molar-refractivity contribution in [1.29, 1.82) is 0 Å². The second-order valence-electron chi connectivity index (χ2n) is 5.96. The Hall–Kier alpha value is -0.0700. The summed E-state index contributed by atoms with van der Waals surface area (Å²) in [5.74, 6) is 0.175. The maximum atomic E-state index is 12.6. The average Bonchev–Trinajstić information content (AvgIpc) is 2.41. The van der Waals surface area contributed by atoms with Crippen LogP contribution in [0.25, 0.3) is 0 Å². The molecule has 0 spiro atoms. The summed E-state index contributed by atoms with van der Waals surface area (Å²) in [6.45, 7) is 6.72. The predicted molar refractivity (Wildman–Crippen MR) is 89.6 cm³/mol. The number of piperidine rings is 1.